The number of ether oxygens (including phenoxy) is 1. The van der Waals surface area contributed by atoms with Gasteiger partial charge in [0.1, 0.15) is 23.6 Å². The van der Waals surface area contributed by atoms with Gasteiger partial charge in [-0.2, -0.15) is 0 Å². The van der Waals surface area contributed by atoms with Crippen molar-refractivity contribution < 1.29 is 14.3 Å². The van der Waals surface area contributed by atoms with Gasteiger partial charge >= 0.3 is 6.09 Å². The van der Waals surface area contributed by atoms with E-state index in [1.807, 2.05) is 18.3 Å². The third-order valence-corrected chi connectivity index (χ3v) is 5.65. The number of pyridine rings is 2. The van der Waals surface area contributed by atoms with E-state index >= 15 is 0 Å². The molecule has 3 aromatic rings. The lowest BCUT2D eigenvalue weighted by Crippen LogP contribution is -2.53. The monoisotopic (exact) mass is 455 g/mol. The molecule has 168 valence electrons. The summed E-state index contributed by atoms with van der Waals surface area (Å²) in [4.78, 5) is 40.4. The molecule has 1 fully saturated rings. The molecule has 4 heterocycles. The lowest BCUT2D eigenvalue weighted by Gasteiger charge is -2.34. The van der Waals surface area contributed by atoms with Gasteiger partial charge in [0, 0.05) is 36.4 Å². The molecule has 0 aliphatic carbocycles. The maximum Gasteiger partial charge on any atom is 0.410 e. The third-order valence-electron chi connectivity index (χ3n) is 5.26. The number of nitrogens with one attached hydrogen (secondary N) is 1. The van der Waals surface area contributed by atoms with E-state index in [4.69, 9.17) is 16.3 Å². The second-order valence-electron chi connectivity index (χ2n) is 8.71. The molecule has 0 saturated carbocycles. The van der Waals surface area contributed by atoms with Gasteiger partial charge in [0.25, 0.3) is 0 Å². The van der Waals surface area contributed by atoms with Crippen molar-refractivity contribution in [1.29, 1.82) is 0 Å². The molecule has 0 radical (unpaired) electrons. The van der Waals surface area contributed by atoms with Crippen LogP contribution >= 0.6 is 11.6 Å². The van der Waals surface area contributed by atoms with E-state index in [1.54, 1.807) is 37.9 Å². The minimum Gasteiger partial charge on any atom is -0.444 e. The molecule has 0 bridgehead atoms. The van der Waals surface area contributed by atoms with Gasteiger partial charge in [-0.15, -0.1) is 0 Å². The summed E-state index contributed by atoms with van der Waals surface area (Å²) < 4.78 is 5.38. The Morgan fingerprint density at radius 1 is 1.28 bits per heavy atom. The normalized spacial score (nSPS) is 14.8. The molecule has 9 heteroatoms. The van der Waals surface area contributed by atoms with Crippen LogP contribution in [0.15, 0.2) is 30.6 Å². The number of hydrogen-bond acceptors (Lipinski definition) is 5. The molecule has 1 aliphatic rings. The summed E-state index contributed by atoms with van der Waals surface area (Å²) in [6, 6.07) is 5.46. The Bertz CT molecular complexity index is 1180. The molecule has 1 saturated heterocycles. The molecule has 0 spiro atoms. The number of fused-ring (bicyclic) bond motifs is 1. The first-order valence-electron chi connectivity index (χ1n) is 10.6. The molecule has 1 aliphatic heterocycles. The average Bonchev–Trinajstić information content (AvgIpc) is 3.17. The van der Waals surface area contributed by atoms with Crippen molar-refractivity contribution in [1.82, 2.24) is 19.9 Å². The van der Waals surface area contributed by atoms with E-state index in [-0.39, 0.29) is 12.5 Å². The largest absolute Gasteiger partial charge is 0.444 e. The fraction of sp³-hybridized carbons (Fsp3) is 0.391. The van der Waals surface area contributed by atoms with Crippen molar-refractivity contribution in [3.8, 4) is 11.3 Å². The fourth-order valence-corrected chi connectivity index (χ4v) is 4.05. The minimum absolute atomic E-state index is 0.0572. The second kappa shape index (κ2) is 8.43. The van der Waals surface area contributed by atoms with Crippen LogP contribution in [-0.2, 0) is 16.0 Å². The number of carbonyl (C=O) groups excluding carboxylic acids is 2. The summed E-state index contributed by atoms with van der Waals surface area (Å²) in [5, 5.41) is 1.47. The Kier molecular flexibility index (Phi) is 5.81. The van der Waals surface area contributed by atoms with Gasteiger partial charge < -0.3 is 9.72 Å². The van der Waals surface area contributed by atoms with E-state index in [0.717, 1.165) is 23.0 Å². The van der Waals surface area contributed by atoms with Crippen LogP contribution < -0.4 is 4.90 Å². The predicted octanol–water partition coefficient (Wildman–Crippen LogP) is 4.42. The zero-order valence-corrected chi connectivity index (χ0v) is 19.4. The first kappa shape index (κ1) is 22.1. The van der Waals surface area contributed by atoms with Gasteiger partial charge in [0.05, 0.1) is 10.7 Å². The van der Waals surface area contributed by atoms with Crippen LogP contribution in [-0.4, -0.2) is 57.1 Å². The van der Waals surface area contributed by atoms with Gasteiger partial charge in [0.2, 0.25) is 5.91 Å². The average molecular weight is 456 g/mol. The second-order valence-corrected chi connectivity index (χ2v) is 9.08. The Morgan fingerprint density at radius 2 is 2.06 bits per heavy atom. The fourth-order valence-electron chi connectivity index (χ4n) is 3.70. The maximum absolute atomic E-state index is 12.8. The molecule has 4 rings (SSSR count). The zero-order chi connectivity index (χ0) is 23.0. The molecule has 0 aromatic carbocycles. The Hall–Kier alpha value is -3.13. The summed E-state index contributed by atoms with van der Waals surface area (Å²) in [5.74, 6) is 0.294. The van der Waals surface area contributed by atoms with Crippen molar-refractivity contribution in [2.75, 3.05) is 24.5 Å². The smallest absolute Gasteiger partial charge is 0.410 e. The number of aromatic amines is 1. The van der Waals surface area contributed by atoms with Gasteiger partial charge in [-0.05, 0) is 44.9 Å². The van der Waals surface area contributed by atoms with Crippen LogP contribution in [0.5, 0.6) is 0 Å². The number of H-pyrrole nitrogens is 1. The maximum atomic E-state index is 12.8. The molecule has 0 atom stereocenters. The Labute approximate surface area is 191 Å². The number of aryl methyl sites for hydroxylation is 1. The van der Waals surface area contributed by atoms with Crippen LogP contribution in [0.3, 0.4) is 0 Å². The lowest BCUT2D eigenvalue weighted by molar-refractivity contribution is -0.121. The molecule has 1 N–H and O–H groups in total. The van der Waals surface area contributed by atoms with E-state index in [1.165, 1.54) is 4.90 Å². The summed E-state index contributed by atoms with van der Waals surface area (Å²) in [6.45, 7) is 8.10. The molecule has 0 unspecified atom stereocenters. The van der Waals surface area contributed by atoms with E-state index < -0.39 is 11.7 Å². The highest BCUT2D eigenvalue weighted by Gasteiger charge is 2.31. The van der Waals surface area contributed by atoms with E-state index in [0.29, 0.717) is 35.2 Å². The molecular weight excluding hydrogens is 430 g/mol. The number of rotatable bonds is 3. The summed E-state index contributed by atoms with van der Waals surface area (Å²) in [6.07, 6.45) is 3.94. The Morgan fingerprint density at radius 3 is 2.75 bits per heavy atom. The SMILES string of the molecule is CCc1c[nH]c2ncc(-c3cccc(N4CCN(C(=O)OC(C)(C)C)CC4=O)n3)c(Cl)c12. The van der Waals surface area contributed by atoms with Crippen LogP contribution in [0.25, 0.3) is 22.3 Å². The highest BCUT2D eigenvalue weighted by molar-refractivity contribution is 6.38. The van der Waals surface area contributed by atoms with E-state index in [9.17, 15) is 9.59 Å². The number of halogens is 1. The number of piperazine rings is 1. The molecule has 2 amide bonds. The van der Waals surface area contributed by atoms with Crippen molar-refractivity contribution in [2.24, 2.45) is 0 Å². The van der Waals surface area contributed by atoms with Gasteiger partial charge in [-0.25, -0.2) is 14.8 Å². The van der Waals surface area contributed by atoms with Crippen molar-refractivity contribution in [3.05, 3.63) is 41.2 Å². The number of hydrogen-bond donors (Lipinski definition) is 1. The standard InChI is InChI=1S/C23H26ClN5O3/c1-5-14-11-25-21-19(14)20(24)15(12-26-21)16-7-6-8-17(27-16)29-10-9-28(13-18(29)30)22(31)32-23(2,3)4/h6-8,11-12H,5,9-10,13H2,1-4H3,(H,25,26). The number of nitrogens with zero attached hydrogens (tertiary/aromatic N) is 4. The quantitative estimate of drug-likeness (QED) is 0.631. The van der Waals surface area contributed by atoms with Crippen molar-refractivity contribution >= 4 is 40.5 Å². The summed E-state index contributed by atoms with van der Waals surface area (Å²) in [7, 11) is 0. The molecule has 3 aromatic heterocycles. The first-order valence-corrected chi connectivity index (χ1v) is 11.0. The number of carbonyl (C=O) groups is 2. The topological polar surface area (TPSA) is 91.4 Å². The number of amides is 2. The van der Waals surface area contributed by atoms with Gasteiger partial charge in [-0.1, -0.05) is 24.6 Å². The summed E-state index contributed by atoms with van der Waals surface area (Å²) in [5.41, 5.74) is 2.55. The predicted molar refractivity (Wildman–Crippen MR) is 124 cm³/mol. The van der Waals surface area contributed by atoms with E-state index in [2.05, 4.69) is 21.9 Å². The lowest BCUT2D eigenvalue weighted by atomic mass is 10.1. The molecule has 8 nitrogen and oxygen atoms in total. The van der Waals surface area contributed by atoms with Crippen LogP contribution in [0, 0.1) is 0 Å². The summed E-state index contributed by atoms with van der Waals surface area (Å²) >= 11 is 6.74. The number of aromatic nitrogens is 3. The van der Waals surface area contributed by atoms with Crippen molar-refractivity contribution in [2.45, 2.75) is 39.7 Å². The van der Waals surface area contributed by atoms with Crippen LogP contribution in [0.1, 0.15) is 33.3 Å². The first-order chi connectivity index (χ1) is 15.2. The molecule has 32 heavy (non-hydrogen) atoms. The Balaban J connectivity index is 1.58. The van der Waals surface area contributed by atoms with Crippen LogP contribution in [0.2, 0.25) is 5.02 Å². The van der Waals surface area contributed by atoms with Gasteiger partial charge in [-0.3, -0.25) is 14.6 Å². The highest BCUT2D eigenvalue weighted by Crippen LogP contribution is 2.35. The third kappa shape index (κ3) is 4.27. The van der Waals surface area contributed by atoms with Crippen LogP contribution in [0.4, 0.5) is 10.6 Å². The van der Waals surface area contributed by atoms with Crippen molar-refractivity contribution in [3.63, 3.8) is 0 Å². The highest BCUT2D eigenvalue weighted by atomic mass is 35.5. The number of anilines is 1. The molecular formula is C23H26ClN5O3. The van der Waals surface area contributed by atoms with Gasteiger partial charge in [0.15, 0.2) is 0 Å². The minimum atomic E-state index is -0.612. The zero-order valence-electron chi connectivity index (χ0n) is 18.6.